The van der Waals surface area contributed by atoms with Gasteiger partial charge in [0.15, 0.2) is 5.60 Å². The molecule has 0 aromatic carbocycles. The third kappa shape index (κ3) is 2.27. The van der Waals surface area contributed by atoms with Crippen LogP contribution in [-0.4, -0.2) is 23.3 Å². The number of ether oxygens (including phenoxy) is 1. The first kappa shape index (κ1) is 11.5. The second-order valence-electron chi connectivity index (χ2n) is 4.18. The van der Waals surface area contributed by atoms with Crippen LogP contribution >= 0.6 is 0 Å². The third-order valence-corrected chi connectivity index (χ3v) is 3.25. The first-order valence-electron chi connectivity index (χ1n) is 5.48. The molecule has 1 fully saturated rings. The predicted molar refractivity (Wildman–Crippen MR) is 54.2 cm³/mol. The van der Waals surface area contributed by atoms with E-state index in [1.54, 1.807) is 6.92 Å². The zero-order chi connectivity index (χ0) is 10.6. The normalized spacial score (nSPS) is 23.0. The van der Waals surface area contributed by atoms with Gasteiger partial charge < -0.3 is 9.84 Å². The average Bonchev–Trinajstić information content (AvgIpc) is 2.19. The highest BCUT2D eigenvalue weighted by atomic mass is 16.5. The van der Waals surface area contributed by atoms with Gasteiger partial charge in [-0.15, -0.1) is 0 Å². The molecule has 0 aromatic rings. The topological polar surface area (TPSA) is 46.5 Å². The van der Waals surface area contributed by atoms with E-state index in [-0.39, 0.29) is 5.92 Å². The number of aliphatic carboxylic acids is 1. The minimum Gasteiger partial charge on any atom is -0.479 e. The maximum Gasteiger partial charge on any atom is 0.335 e. The summed E-state index contributed by atoms with van der Waals surface area (Å²) in [6, 6.07) is 0. The van der Waals surface area contributed by atoms with Crippen LogP contribution in [0.2, 0.25) is 0 Å². The molecule has 1 unspecified atom stereocenters. The van der Waals surface area contributed by atoms with Crippen LogP contribution in [0, 0.1) is 5.92 Å². The van der Waals surface area contributed by atoms with Crippen LogP contribution in [0.5, 0.6) is 0 Å². The number of carbonyl (C=O) groups is 1. The molecule has 3 heteroatoms. The van der Waals surface area contributed by atoms with Gasteiger partial charge in [-0.1, -0.05) is 19.3 Å². The van der Waals surface area contributed by atoms with Crippen LogP contribution in [0.1, 0.15) is 46.0 Å². The highest BCUT2D eigenvalue weighted by Crippen LogP contribution is 2.35. The molecule has 0 heterocycles. The molecule has 0 spiro atoms. The standard InChI is InChI=1S/C11H20O3/c1-3-14-11(2,10(12)13)9-7-5-4-6-8-9/h9H,3-8H2,1-2H3,(H,12,13). The first-order chi connectivity index (χ1) is 6.61. The first-order valence-corrected chi connectivity index (χ1v) is 5.48. The lowest BCUT2D eigenvalue weighted by molar-refractivity contribution is -0.172. The van der Waals surface area contributed by atoms with Crippen molar-refractivity contribution in [3.05, 3.63) is 0 Å². The van der Waals surface area contributed by atoms with Crippen LogP contribution in [0.3, 0.4) is 0 Å². The van der Waals surface area contributed by atoms with Crippen molar-refractivity contribution < 1.29 is 14.6 Å². The SMILES string of the molecule is CCOC(C)(C(=O)O)C1CCCCC1. The summed E-state index contributed by atoms with van der Waals surface area (Å²) in [6.07, 6.45) is 5.49. The maximum absolute atomic E-state index is 11.2. The molecular weight excluding hydrogens is 180 g/mol. The second kappa shape index (κ2) is 4.78. The van der Waals surface area contributed by atoms with Crippen LogP contribution < -0.4 is 0 Å². The zero-order valence-corrected chi connectivity index (χ0v) is 9.08. The highest BCUT2D eigenvalue weighted by Gasteiger charge is 2.42. The summed E-state index contributed by atoms with van der Waals surface area (Å²) in [5, 5.41) is 9.19. The number of rotatable bonds is 4. The Balaban J connectivity index is 2.69. The van der Waals surface area contributed by atoms with Crippen LogP contribution in [-0.2, 0) is 9.53 Å². The minimum absolute atomic E-state index is 0.189. The fraction of sp³-hybridized carbons (Fsp3) is 0.909. The summed E-state index contributed by atoms with van der Waals surface area (Å²) in [6.45, 7) is 4.04. The smallest absolute Gasteiger partial charge is 0.335 e. The number of carboxylic acids is 1. The molecule has 1 atom stereocenters. The van der Waals surface area contributed by atoms with Crippen molar-refractivity contribution in [1.82, 2.24) is 0 Å². The molecule has 0 saturated heterocycles. The Morgan fingerprint density at radius 1 is 1.43 bits per heavy atom. The second-order valence-corrected chi connectivity index (χ2v) is 4.18. The summed E-state index contributed by atoms with van der Waals surface area (Å²) in [4.78, 5) is 11.2. The summed E-state index contributed by atoms with van der Waals surface area (Å²) in [5.41, 5.74) is -0.963. The monoisotopic (exact) mass is 200 g/mol. The lowest BCUT2D eigenvalue weighted by atomic mass is 9.77. The minimum atomic E-state index is -0.963. The number of hydrogen-bond donors (Lipinski definition) is 1. The van der Waals surface area contributed by atoms with E-state index in [0.29, 0.717) is 6.61 Å². The van der Waals surface area contributed by atoms with Gasteiger partial charge in [0, 0.05) is 6.61 Å². The molecule has 1 aliphatic rings. The van der Waals surface area contributed by atoms with E-state index >= 15 is 0 Å². The molecular formula is C11H20O3. The van der Waals surface area contributed by atoms with Crippen molar-refractivity contribution in [2.24, 2.45) is 5.92 Å². The van der Waals surface area contributed by atoms with Crippen LogP contribution in [0.25, 0.3) is 0 Å². The van der Waals surface area contributed by atoms with Gasteiger partial charge >= 0.3 is 5.97 Å². The predicted octanol–water partition coefficient (Wildman–Crippen LogP) is 2.45. The van der Waals surface area contributed by atoms with Crippen molar-refractivity contribution in [3.8, 4) is 0 Å². The molecule has 0 radical (unpaired) electrons. The molecule has 14 heavy (non-hydrogen) atoms. The van der Waals surface area contributed by atoms with E-state index in [4.69, 9.17) is 4.74 Å². The molecule has 0 aromatic heterocycles. The van der Waals surface area contributed by atoms with E-state index in [1.807, 2.05) is 6.92 Å². The molecule has 82 valence electrons. The summed E-state index contributed by atoms with van der Waals surface area (Å²) in [5.74, 6) is -0.625. The summed E-state index contributed by atoms with van der Waals surface area (Å²) in [7, 11) is 0. The fourth-order valence-corrected chi connectivity index (χ4v) is 2.31. The Morgan fingerprint density at radius 3 is 2.43 bits per heavy atom. The Hall–Kier alpha value is -0.570. The van der Waals surface area contributed by atoms with Gasteiger partial charge in [0.25, 0.3) is 0 Å². The Kier molecular flexibility index (Phi) is 3.93. The van der Waals surface area contributed by atoms with Crippen molar-refractivity contribution in [2.45, 2.75) is 51.6 Å². The van der Waals surface area contributed by atoms with Gasteiger partial charge in [0.1, 0.15) is 0 Å². The van der Waals surface area contributed by atoms with Gasteiger partial charge in [0.2, 0.25) is 0 Å². The Morgan fingerprint density at radius 2 is 2.00 bits per heavy atom. The van der Waals surface area contributed by atoms with Gasteiger partial charge in [-0.2, -0.15) is 0 Å². The molecule has 0 amide bonds. The van der Waals surface area contributed by atoms with E-state index in [9.17, 15) is 9.90 Å². The van der Waals surface area contributed by atoms with E-state index in [1.165, 1.54) is 6.42 Å². The Labute approximate surface area is 85.5 Å². The third-order valence-electron chi connectivity index (χ3n) is 3.25. The van der Waals surface area contributed by atoms with Crippen molar-refractivity contribution in [1.29, 1.82) is 0 Å². The molecule has 1 rings (SSSR count). The molecule has 1 aliphatic carbocycles. The quantitative estimate of drug-likeness (QED) is 0.758. The molecule has 0 aliphatic heterocycles. The number of carboxylic acid groups (broad SMARTS) is 1. The largest absolute Gasteiger partial charge is 0.479 e. The van der Waals surface area contributed by atoms with Crippen LogP contribution in [0.4, 0.5) is 0 Å². The highest BCUT2D eigenvalue weighted by molar-refractivity contribution is 5.77. The number of hydrogen-bond acceptors (Lipinski definition) is 2. The van der Waals surface area contributed by atoms with Gasteiger partial charge in [0.05, 0.1) is 0 Å². The summed E-state index contributed by atoms with van der Waals surface area (Å²) >= 11 is 0. The maximum atomic E-state index is 11.2. The lowest BCUT2D eigenvalue weighted by Crippen LogP contribution is -2.46. The zero-order valence-electron chi connectivity index (χ0n) is 9.08. The summed E-state index contributed by atoms with van der Waals surface area (Å²) < 4.78 is 5.43. The average molecular weight is 200 g/mol. The van der Waals surface area contributed by atoms with E-state index < -0.39 is 11.6 Å². The van der Waals surface area contributed by atoms with Crippen LogP contribution in [0.15, 0.2) is 0 Å². The molecule has 1 N–H and O–H groups in total. The van der Waals surface area contributed by atoms with Gasteiger partial charge in [-0.05, 0) is 32.6 Å². The molecule has 0 bridgehead atoms. The fourth-order valence-electron chi connectivity index (χ4n) is 2.31. The Bertz CT molecular complexity index is 197. The van der Waals surface area contributed by atoms with Crippen molar-refractivity contribution in [2.75, 3.05) is 6.61 Å². The van der Waals surface area contributed by atoms with E-state index in [2.05, 4.69) is 0 Å². The van der Waals surface area contributed by atoms with E-state index in [0.717, 1.165) is 25.7 Å². The van der Waals surface area contributed by atoms with Gasteiger partial charge in [-0.25, -0.2) is 4.79 Å². The molecule has 3 nitrogen and oxygen atoms in total. The van der Waals surface area contributed by atoms with Crippen molar-refractivity contribution in [3.63, 3.8) is 0 Å². The van der Waals surface area contributed by atoms with Gasteiger partial charge in [-0.3, -0.25) is 0 Å². The molecule has 1 saturated carbocycles. The lowest BCUT2D eigenvalue weighted by Gasteiger charge is -2.35. The van der Waals surface area contributed by atoms with Crippen molar-refractivity contribution >= 4 is 5.97 Å².